The zero-order chi connectivity index (χ0) is 58.5. The lowest BCUT2D eigenvalue weighted by Gasteiger charge is -2.52. The molecule has 8 aliphatic rings. The first-order chi connectivity index (χ1) is 38.5. The number of rotatable bonds is 18. The number of benzene rings is 2. The summed E-state index contributed by atoms with van der Waals surface area (Å²) in [5.74, 6) is -5.28. The van der Waals surface area contributed by atoms with Crippen LogP contribution in [0, 0.1) is 23.7 Å². The number of halogens is 6. The van der Waals surface area contributed by atoms with Crippen molar-refractivity contribution in [1.82, 2.24) is 0 Å². The molecule has 8 heterocycles. The number of nitrogens with zero attached hydrogens (tertiary/aromatic N) is 2. The fraction of sp³-hybridized carbons (Fsp3) is 0.586. The molecule has 2 aromatic carbocycles. The number of phenols is 1. The van der Waals surface area contributed by atoms with Crippen molar-refractivity contribution in [2.45, 2.75) is 126 Å². The molecule has 4 aromatic rings. The van der Waals surface area contributed by atoms with Crippen LogP contribution >= 0.6 is 22.7 Å². The monoisotopic (exact) mass is 1180 g/mol. The van der Waals surface area contributed by atoms with Gasteiger partial charge in [0.1, 0.15) is 43.1 Å². The Hall–Kier alpha value is -5.30. The van der Waals surface area contributed by atoms with Gasteiger partial charge < -0.3 is 63.0 Å². The van der Waals surface area contributed by atoms with E-state index in [2.05, 4.69) is 12.1 Å². The number of carboxylic acids is 2. The number of carboxylic acid groups (broad SMARTS) is 2. The Bertz CT molecular complexity index is 2590. The maximum atomic E-state index is 13.5. The number of esters is 2. The first-order valence-corrected chi connectivity index (χ1v) is 29.5. The number of thiophene rings is 2. The minimum absolute atomic E-state index is 0.0423. The molecule has 4 atom stereocenters. The average Bonchev–Trinajstić information content (AvgIpc) is 4.47. The maximum Gasteiger partial charge on any atom is 0.430 e. The number of carbonyl (C=O) groups is 4. The first-order valence-electron chi connectivity index (χ1n) is 27.7. The summed E-state index contributed by atoms with van der Waals surface area (Å²) < 4.78 is 89.2. The van der Waals surface area contributed by atoms with Crippen LogP contribution in [0.1, 0.15) is 98.8 Å². The highest BCUT2D eigenvalue weighted by Gasteiger charge is 2.55. The molecule has 12 rings (SSSR count). The second-order valence-corrected chi connectivity index (χ2v) is 24.1. The molecular weight excluding hydrogens is 1110 g/mol. The predicted octanol–water partition coefficient (Wildman–Crippen LogP) is 7.54. The number of fused-ring (bicyclic) bond motifs is 6. The first kappa shape index (κ1) is 63.3. The third-order valence-corrected chi connectivity index (χ3v) is 19.0. The van der Waals surface area contributed by atoms with E-state index in [-0.39, 0.29) is 29.8 Å². The van der Waals surface area contributed by atoms with E-state index in [1.807, 2.05) is 59.3 Å². The van der Waals surface area contributed by atoms with E-state index in [0.29, 0.717) is 37.4 Å². The lowest BCUT2D eigenvalue weighted by molar-refractivity contribution is -0.946. The van der Waals surface area contributed by atoms with Crippen LogP contribution in [0.2, 0.25) is 0 Å². The summed E-state index contributed by atoms with van der Waals surface area (Å²) in [6, 6.07) is 24.8. The van der Waals surface area contributed by atoms with Crippen LogP contribution < -0.4 is 14.9 Å². The molecule has 6 saturated heterocycles. The topological polar surface area (TPSA) is 212 Å². The van der Waals surface area contributed by atoms with Gasteiger partial charge in [-0.15, -0.1) is 22.7 Å². The van der Waals surface area contributed by atoms with Gasteiger partial charge in [0.15, 0.2) is 23.4 Å². The summed E-state index contributed by atoms with van der Waals surface area (Å²) in [5, 5.41) is 54.4. The van der Waals surface area contributed by atoms with Crippen molar-refractivity contribution < 1.29 is 99.0 Å². The van der Waals surface area contributed by atoms with E-state index in [1.165, 1.54) is 28.2 Å². The second kappa shape index (κ2) is 27.9. The summed E-state index contributed by atoms with van der Waals surface area (Å²) in [6.07, 6.45) is 2.33. The molecule has 2 saturated carbocycles. The van der Waals surface area contributed by atoms with Crippen molar-refractivity contribution in [2.75, 3.05) is 65.6 Å². The number of carbonyl (C=O) groups excluding carboxylic acids is 4. The Kier molecular flexibility index (Phi) is 21.8. The van der Waals surface area contributed by atoms with E-state index in [0.717, 1.165) is 155 Å². The summed E-state index contributed by atoms with van der Waals surface area (Å²) in [4.78, 5) is 46.1. The number of hydrogen-bond acceptors (Lipinski definition) is 15. The fourth-order valence-corrected chi connectivity index (χ4v) is 14.4. The highest BCUT2D eigenvalue weighted by Crippen LogP contribution is 2.47. The van der Waals surface area contributed by atoms with Gasteiger partial charge in [0.25, 0.3) is 0 Å². The number of piperidine rings is 6. The van der Waals surface area contributed by atoms with Crippen molar-refractivity contribution in [1.29, 1.82) is 0 Å². The number of aliphatic hydroxyl groups is 2. The van der Waals surface area contributed by atoms with Crippen LogP contribution in [0.5, 0.6) is 11.5 Å². The molecule has 2 aliphatic carbocycles. The van der Waals surface area contributed by atoms with Crippen LogP contribution in [0.4, 0.5) is 26.3 Å². The smallest absolute Gasteiger partial charge is 0.430 e. The molecule has 0 amide bonds. The molecule has 2 aromatic heterocycles. The van der Waals surface area contributed by atoms with E-state index >= 15 is 0 Å². The number of phenolic OH excluding ortho intramolecular Hbond substituents is 1. The number of quaternary nitrogens is 2. The number of aliphatic carboxylic acids is 2. The molecule has 3 N–H and O–H groups in total. The van der Waals surface area contributed by atoms with Crippen molar-refractivity contribution in [2.24, 2.45) is 23.7 Å². The van der Waals surface area contributed by atoms with Crippen LogP contribution in [-0.4, -0.2) is 138 Å². The molecule has 0 radical (unpaired) electrons. The fourth-order valence-electron chi connectivity index (χ4n) is 12.6. The Morgan fingerprint density at radius 2 is 1.02 bits per heavy atom. The number of alkyl halides is 6. The van der Waals surface area contributed by atoms with Gasteiger partial charge >= 0.3 is 24.3 Å². The molecule has 81 heavy (non-hydrogen) atoms. The molecule has 8 fully saturated rings. The van der Waals surface area contributed by atoms with Gasteiger partial charge in [-0.3, -0.25) is 0 Å². The lowest BCUT2D eigenvalue weighted by Crippen LogP contribution is -2.65. The third kappa shape index (κ3) is 16.5. The van der Waals surface area contributed by atoms with Gasteiger partial charge in [0, 0.05) is 71.6 Å². The number of hydrogen-bond donors (Lipinski definition) is 3. The number of aromatic hydroxyl groups is 1. The second-order valence-electron chi connectivity index (χ2n) is 22.2. The van der Waals surface area contributed by atoms with E-state index in [4.69, 9.17) is 38.7 Å². The Balaban J connectivity index is 0.000000189. The summed E-state index contributed by atoms with van der Waals surface area (Å²) in [7, 11) is 0. The van der Waals surface area contributed by atoms with Gasteiger partial charge in [-0.2, -0.15) is 26.3 Å². The predicted molar refractivity (Wildman–Crippen MR) is 281 cm³/mol. The van der Waals surface area contributed by atoms with Gasteiger partial charge in [0.2, 0.25) is 0 Å². The third-order valence-electron chi connectivity index (χ3n) is 17.1. The zero-order valence-electron chi connectivity index (χ0n) is 45.0. The van der Waals surface area contributed by atoms with Crippen molar-refractivity contribution >= 4 is 46.6 Å². The van der Waals surface area contributed by atoms with Gasteiger partial charge in [-0.05, 0) is 66.3 Å². The standard InChI is InChI=1S/C27H35NO5S.C27H36NO4S.2C2HF3O2/c29-22-8-3-9-23(18-22)32-16-5-13-28-14-11-20(12-15-28)24(19-28)33-26(30)27(31,21-6-1-2-7-21)25-10-4-17-34-25;29-26(27(30,23-9-4-5-10-23)25-11-6-18-33-25)32-24-19-28(14-12-22(24)13-15-28)16-17-31-20-21-7-2-1-3-8-21;2*3-2(4,5)1(6)7/h3-4,8-10,17-18,20-21,24,31H,1-2,5-7,11-16,19H2;1-3,6-8,11,18,22-24,30H,4-5,9-10,12-17,19-20H2;2*(H,6,7)/q;+1;;/p-1/t20?,24-,27+,28?;22?,24?,27-,28?;;/m01../s1. The summed E-state index contributed by atoms with van der Waals surface area (Å²) in [5.41, 5.74) is -1.82. The average molecular weight is 1180 g/mol. The summed E-state index contributed by atoms with van der Waals surface area (Å²) in [6.45, 7) is 10.0. The Morgan fingerprint density at radius 3 is 1.43 bits per heavy atom. The molecule has 1 unspecified atom stereocenters. The molecule has 15 nitrogen and oxygen atoms in total. The van der Waals surface area contributed by atoms with E-state index < -0.39 is 47.4 Å². The quantitative estimate of drug-likeness (QED) is 0.0381. The molecule has 446 valence electrons. The highest BCUT2D eigenvalue weighted by atomic mass is 32.1. The summed E-state index contributed by atoms with van der Waals surface area (Å²) >= 11 is 2.91. The van der Waals surface area contributed by atoms with Crippen LogP contribution in [0.3, 0.4) is 0 Å². The molecule has 0 spiro atoms. The number of ether oxygens (including phenoxy) is 4. The Labute approximate surface area is 475 Å². The van der Waals surface area contributed by atoms with Gasteiger partial charge in [-0.25, -0.2) is 9.59 Å². The van der Waals surface area contributed by atoms with Crippen molar-refractivity contribution in [3.05, 3.63) is 105 Å². The maximum absolute atomic E-state index is 13.5. The zero-order valence-corrected chi connectivity index (χ0v) is 46.6. The minimum atomic E-state index is -5.19. The highest BCUT2D eigenvalue weighted by molar-refractivity contribution is 7.10. The normalized spacial score (nSPS) is 25.8. The molecular formula is C58H72F6N2O13S2. The van der Waals surface area contributed by atoms with Crippen molar-refractivity contribution in [3.63, 3.8) is 0 Å². The van der Waals surface area contributed by atoms with Crippen LogP contribution in [0.25, 0.3) is 0 Å². The van der Waals surface area contributed by atoms with Crippen LogP contribution in [-0.2, 0) is 51.2 Å². The van der Waals surface area contributed by atoms with Gasteiger partial charge in [-0.1, -0.05) is 74.2 Å². The largest absolute Gasteiger partial charge is 0.542 e. The molecule has 4 bridgehead atoms. The molecule has 6 aliphatic heterocycles. The SMILES string of the molecule is O=C(OC1C[N+]2(CCOCc3ccccc3)CCC1CC2)[C@](O)(c1cccs1)C1CCCC1.O=C(O[C@H]1C[N+]2(CCCOc3cccc(O)c3)CCC1CC2)[C@](O)(c1cccs1)C1CCCC1.O=C([O-])C(F)(F)F.O=C([O-])C(F)(F)F. The molecule has 23 heteroatoms. The van der Waals surface area contributed by atoms with Crippen molar-refractivity contribution in [3.8, 4) is 11.5 Å². The van der Waals surface area contributed by atoms with E-state index in [1.54, 1.807) is 18.2 Å². The lowest BCUT2D eigenvalue weighted by atomic mass is 9.82. The van der Waals surface area contributed by atoms with Gasteiger partial charge in [0.05, 0.1) is 52.5 Å². The minimum Gasteiger partial charge on any atom is -0.542 e. The Morgan fingerprint density at radius 1 is 0.580 bits per heavy atom. The van der Waals surface area contributed by atoms with Crippen LogP contribution in [0.15, 0.2) is 89.6 Å². The van der Waals surface area contributed by atoms with E-state index in [9.17, 15) is 51.3 Å².